The average molecular weight is 368 g/mol. The third-order valence-electron chi connectivity index (χ3n) is 2.59. The first-order chi connectivity index (χ1) is 8.66. The van der Waals surface area contributed by atoms with Crippen LogP contribution in [0.15, 0.2) is 45.5 Å². The van der Waals surface area contributed by atoms with Crippen LogP contribution in [0.2, 0.25) is 0 Å². The molecule has 3 rings (SSSR count). The van der Waals surface area contributed by atoms with Crippen LogP contribution >= 0.6 is 31.9 Å². The number of imidazole rings is 1. The summed E-state index contributed by atoms with van der Waals surface area (Å²) in [7, 11) is 0. The van der Waals surface area contributed by atoms with E-state index in [-0.39, 0.29) is 0 Å². The molecule has 0 spiro atoms. The Labute approximate surface area is 120 Å². The van der Waals surface area contributed by atoms with Gasteiger partial charge in [0.15, 0.2) is 5.65 Å². The normalized spacial score (nSPS) is 11.0. The fourth-order valence-corrected chi connectivity index (χ4v) is 2.60. The minimum Gasteiger partial charge on any atom is -0.369 e. The van der Waals surface area contributed by atoms with Gasteiger partial charge in [-0.05, 0) is 46.3 Å². The smallest absolute Gasteiger partial charge is 0.207 e. The Kier molecular flexibility index (Phi) is 2.83. The third-order valence-corrected chi connectivity index (χ3v) is 3.75. The van der Waals surface area contributed by atoms with Crippen molar-refractivity contribution in [2.75, 3.05) is 5.73 Å². The van der Waals surface area contributed by atoms with Crippen molar-refractivity contribution in [3.8, 4) is 5.69 Å². The second-order valence-electron chi connectivity index (χ2n) is 3.75. The largest absolute Gasteiger partial charge is 0.369 e. The number of benzene rings is 1. The minimum atomic E-state index is 0.419. The van der Waals surface area contributed by atoms with Gasteiger partial charge in [0.25, 0.3) is 0 Å². The van der Waals surface area contributed by atoms with E-state index >= 15 is 0 Å². The molecule has 0 aliphatic heterocycles. The van der Waals surface area contributed by atoms with E-state index in [0.717, 1.165) is 25.8 Å². The lowest BCUT2D eigenvalue weighted by atomic mass is 10.3. The molecule has 0 radical (unpaired) electrons. The number of aromatic nitrogens is 3. The predicted molar refractivity (Wildman–Crippen MR) is 78.7 cm³/mol. The number of pyridine rings is 1. The minimum absolute atomic E-state index is 0.419. The van der Waals surface area contributed by atoms with E-state index in [1.165, 1.54) is 0 Å². The molecular formula is C12H8Br2N4. The Morgan fingerprint density at radius 3 is 2.83 bits per heavy atom. The van der Waals surface area contributed by atoms with Crippen LogP contribution in [0.4, 0.5) is 5.95 Å². The SMILES string of the molecule is Nc1nc2cccnc2n1-c1cc(Br)ccc1Br. The maximum Gasteiger partial charge on any atom is 0.207 e. The Morgan fingerprint density at radius 2 is 2.00 bits per heavy atom. The summed E-state index contributed by atoms with van der Waals surface area (Å²) >= 11 is 6.97. The first kappa shape index (κ1) is 11.7. The molecule has 18 heavy (non-hydrogen) atoms. The Hall–Kier alpha value is -1.40. The van der Waals surface area contributed by atoms with Gasteiger partial charge in [-0.2, -0.15) is 0 Å². The number of anilines is 1. The third kappa shape index (κ3) is 1.81. The molecule has 0 saturated heterocycles. The zero-order valence-corrected chi connectivity index (χ0v) is 12.3. The van der Waals surface area contributed by atoms with Crippen LogP contribution in [0.1, 0.15) is 0 Å². The Balaban J connectivity index is 2.37. The standard InChI is InChI=1S/C12H8Br2N4/c13-7-3-4-8(14)10(6-7)18-11-9(17-12(18)15)2-1-5-16-11/h1-6H,(H2,15,17). The number of halogens is 2. The number of fused-ring (bicyclic) bond motifs is 1. The van der Waals surface area contributed by atoms with E-state index < -0.39 is 0 Å². The average Bonchev–Trinajstić information content (AvgIpc) is 2.68. The monoisotopic (exact) mass is 366 g/mol. The zero-order valence-electron chi connectivity index (χ0n) is 9.14. The number of hydrogen-bond donors (Lipinski definition) is 1. The van der Waals surface area contributed by atoms with Crippen LogP contribution in [0.5, 0.6) is 0 Å². The summed E-state index contributed by atoms with van der Waals surface area (Å²) in [5, 5.41) is 0. The van der Waals surface area contributed by atoms with E-state index in [1.54, 1.807) is 6.20 Å². The lowest BCUT2D eigenvalue weighted by Gasteiger charge is -2.08. The van der Waals surface area contributed by atoms with Crippen molar-refractivity contribution in [2.24, 2.45) is 0 Å². The van der Waals surface area contributed by atoms with Crippen molar-refractivity contribution < 1.29 is 0 Å². The van der Waals surface area contributed by atoms with Crippen LogP contribution in [-0.2, 0) is 0 Å². The van der Waals surface area contributed by atoms with Crippen molar-refractivity contribution in [1.82, 2.24) is 14.5 Å². The summed E-state index contributed by atoms with van der Waals surface area (Å²) in [6, 6.07) is 9.61. The maximum atomic E-state index is 5.98. The molecule has 0 aliphatic rings. The van der Waals surface area contributed by atoms with Gasteiger partial charge in [0.2, 0.25) is 5.95 Å². The summed E-state index contributed by atoms with van der Waals surface area (Å²) in [5.41, 5.74) is 8.41. The lowest BCUT2D eigenvalue weighted by Crippen LogP contribution is -2.02. The molecule has 4 nitrogen and oxygen atoms in total. The molecule has 1 aromatic carbocycles. The van der Waals surface area contributed by atoms with Crippen LogP contribution in [-0.4, -0.2) is 14.5 Å². The molecule has 0 unspecified atom stereocenters. The van der Waals surface area contributed by atoms with Gasteiger partial charge in [0, 0.05) is 15.1 Å². The van der Waals surface area contributed by atoms with E-state index in [2.05, 4.69) is 41.8 Å². The second kappa shape index (κ2) is 4.37. The van der Waals surface area contributed by atoms with Crippen LogP contribution < -0.4 is 5.73 Å². The molecule has 2 aromatic heterocycles. The number of rotatable bonds is 1. The summed E-state index contributed by atoms with van der Waals surface area (Å²) in [5.74, 6) is 0.419. The molecule has 0 bridgehead atoms. The first-order valence-corrected chi connectivity index (χ1v) is 6.80. The van der Waals surface area contributed by atoms with Crippen LogP contribution in [0, 0.1) is 0 Å². The number of nitrogens with zero attached hydrogens (tertiary/aromatic N) is 3. The van der Waals surface area contributed by atoms with Gasteiger partial charge in [-0.15, -0.1) is 0 Å². The first-order valence-electron chi connectivity index (χ1n) is 5.21. The van der Waals surface area contributed by atoms with E-state index in [4.69, 9.17) is 5.73 Å². The highest BCUT2D eigenvalue weighted by Crippen LogP contribution is 2.29. The van der Waals surface area contributed by atoms with Crippen molar-refractivity contribution >= 4 is 49.0 Å². The molecule has 0 atom stereocenters. The van der Waals surface area contributed by atoms with Gasteiger partial charge < -0.3 is 5.73 Å². The number of nitrogen functional groups attached to an aromatic ring is 1. The highest BCUT2D eigenvalue weighted by molar-refractivity contribution is 9.11. The molecular weight excluding hydrogens is 360 g/mol. The molecule has 0 aliphatic carbocycles. The van der Waals surface area contributed by atoms with E-state index in [1.807, 2.05) is 34.9 Å². The van der Waals surface area contributed by atoms with Crippen molar-refractivity contribution in [3.63, 3.8) is 0 Å². The molecule has 6 heteroatoms. The molecule has 3 aromatic rings. The second-order valence-corrected chi connectivity index (χ2v) is 5.52. The molecule has 0 saturated carbocycles. The summed E-state index contributed by atoms with van der Waals surface area (Å²) in [6.07, 6.45) is 1.73. The van der Waals surface area contributed by atoms with Crippen molar-refractivity contribution in [3.05, 3.63) is 45.5 Å². The quantitative estimate of drug-likeness (QED) is 0.715. The zero-order chi connectivity index (χ0) is 12.7. The summed E-state index contributed by atoms with van der Waals surface area (Å²) < 4.78 is 3.73. The van der Waals surface area contributed by atoms with Gasteiger partial charge in [-0.25, -0.2) is 9.97 Å². The molecule has 0 amide bonds. The number of hydrogen-bond acceptors (Lipinski definition) is 3. The van der Waals surface area contributed by atoms with Gasteiger partial charge in [0.05, 0.1) is 5.69 Å². The topological polar surface area (TPSA) is 56.7 Å². The molecule has 2 N–H and O–H groups in total. The fraction of sp³-hybridized carbons (Fsp3) is 0. The fourth-order valence-electron chi connectivity index (χ4n) is 1.82. The van der Waals surface area contributed by atoms with Gasteiger partial charge in [-0.3, -0.25) is 4.57 Å². The van der Waals surface area contributed by atoms with Crippen molar-refractivity contribution in [1.29, 1.82) is 0 Å². The lowest BCUT2D eigenvalue weighted by molar-refractivity contribution is 1.07. The van der Waals surface area contributed by atoms with Gasteiger partial charge >= 0.3 is 0 Å². The Bertz CT molecular complexity index is 736. The van der Waals surface area contributed by atoms with E-state index in [0.29, 0.717) is 5.95 Å². The highest BCUT2D eigenvalue weighted by Gasteiger charge is 2.13. The summed E-state index contributed by atoms with van der Waals surface area (Å²) in [4.78, 5) is 8.64. The van der Waals surface area contributed by atoms with E-state index in [9.17, 15) is 0 Å². The predicted octanol–water partition coefficient (Wildman–Crippen LogP) is 3.53. The molecule has 90 valence electrons. The van der Waals surface area contributed by atoms with Crippen LogP contribution in [0.25, 0.3) is 16.9 Å². The molecule has 2 heterocycles. The van der Waals surface area contributed by atoms with Gasteiger partial charge in [-0.1, -0.05) is 15.9 Å². The van der Waals surface area contributed by atoms with Gasteiger partial charge in [0.1, 0.15) is 5.52 Å². The van der Waals surface area contributed by atoms with Crippen molar-refractivity contribution in [2.45, 2.75) is 0 Å². The summed E-state index contributed by atoms with van der Waals surface area (Å²) in [6.45, 7) is 0. The maximum absolute atomic E-state index is 5.98. The Morgan fingerprint density at radius 1 is 1.17 bits per heavy atom. The molecule has 0 fully saturated rings. The number of nitrogens with two attached hydrogens (primary N) is 1. The highest BCUT2D eigenvalue weighted by atomic mass is 79.9. The van der Waals surface area contributed by atoms with Crippen LogP contribution in [0.3, 0.4) is 0 Å².